The first kappa shape index (κ1) is 13.0. The van der Waals surface area contributed by atoms with Crippen molar-refractivity contribution >= 4 is 5.69 Å². The van der Waals surface area contributed by atoms with E-state index in [1.807, 2.05) is 43.3 Å². The Morgan fingerprint density at radius 1 is 1.11 bits per heavy atom. The van der Waals surface area contributed by atoms with Crippen LogP contribution in [0.15, 0.2) is 48.5 Å². The van der Waals surface area contributed by atoms with Crippen molar-refractivity contribution in [2.75, 3.05) is 11.9 Å². The lowest BCUT2D eigenvalue weighted by molar-refractivity contribution is 0.337. The Kier molecular flexibility index (Phi) is 4.41. The molecule has 0 atom stereocenters. The van der Waals surface area contributed by atoms with Gasteiger partial charge in [0.05, 0.1) is 18.2 Å². The summed E-state index contributed by atoms with van der Waals surface area (Å²) >= 11 is 0. The number of ether oxygens (including phenoxy) is 1. The Bertz CT molecular complexity index is 570. The quantitative estimate of drug-likeness (QED) is 0.884. The van der Waals surface area contributed by atoms with Crippen molar-refractivity contribution in [1.29, 1.82) is 5.26 Å². The van der Waals surface area contributed by atoms with E-state index in [9.17, 15) is 0 Å². The van der Waals surface area contributed by atoms with Gasteiger partial charge in [0.25, 0.3) is 0 Å². The van der Waals surface area contributed by atoms with Gasteiger partial charge in [-0.2, -0.15) is 5.26 Å². The van der Waals surface area contributed by atoms with Crippen molar-refractivity contribution in [3.8, 4) is 11.8 Å². The summed E-state index contributed by atoms with van der Waals surface area (Å²) in [6.07, 6.45) is 0. The molecule has 0 spiro atoms. The highest BCUT2D eigenvalue weighted by Gasteiger charge is 2.02. The van der Waals surface area contributed by atoms with Gasteiger partial charge in [0, 0.05) is 17.8 Å². The minimum absolute atomic E-state index is 0.661. The van der Waals surface area contributed by atoms with Gasteiger partial charge in [-0.3, -0.25) is 0 Å². The first-order chi connectivity index (χ1) is 9.33. The van der Waals surface area contributed by atoms with E-state index in [2.05, 4.69) is 11.4 Å². The molecule has 3 nitrogen and oxygen atoms in total. The number of nitrogens with one attached hydrogen (secondary N) is 1. The highest BCUT2D eigenvalue weighted by atomic mass is 16.5. The van der Waals surface area contributed by atoms with Crippen LogP contribution in [0.5, 0.6) is 5.75 Å². The van der Waals surface area contributed by atoms with Crippen LogP contribution >= 0.6 is 0 Å². The molecule has 3 heteroatoms. The second-order valence-electron chi connectivity index (χ2n) is 4.08. The van der Waals surface area contributed by atoms with Crippen molar-refractivity contribution < 1.29 is 4.74 Å². The summed E-state index contributed by atoms with van der Waals surface area (Å²) in [6, 6.07) is 17.5. The molecule has 0 aliphatic rings. The number of anilines is 1. The predicted octanol–water partition coefficient (Wildman–Crippen LogP) is 3.57. The Balaban J connectivity index is 2.03. The van der Waals surface area contributed by atoms with Gasteiger partial charge >= 0.3 is 0 Å². The topological polar surface area (TPSA) is 45.0 Å². The molecule has 0 bridgehead atoms. The zero-order valence-electron chi connectivity index (χ0n) is 10.9. The van der Waals surface area contributed by atoms with Crippen molar-refractivity contribution in [3.63, 3.8) is 0 Å². The minimum Gasteiger partial charge on any atom is -0.494 e. The molecule has 0 heterocycles. The van der Waals surface area contributed by atoms with Gasteiger partial charge < -0.3 is 10.1 Å². The summed E-state index contributed by atoms with van der Waals surface area (Å²) in [6.45, 7) is 3.33. The van der Waals surface area contributed by atoms with Gasteiger partial charge in [0.1, 0.15) is 5.75 Å². The van der Waals surface area contributed by atoms with Gasteiger partial charge in [-0.05, 0) is 37.3 Å². The summed E-state index contributed by atoms with van der Waals surface area (Å²) in [5, 5.41) is 12.1. The lowest BCUT2D eigenvalue weighted by Gasteiger charge is -2.11. The molecule has 0 aliphatic carbocycles. The molecule has 2 rings (SSSR count). The molecule has 0 fully saturated rings. The number of para-hydroxylation sites is 1. The first-order valence-electron chi connectivity index (χ1n) is 6.28. The van der Waals surface area contributed by atoms with Gasteiger partial charge in [-0.25, -0.2) is 0 Å². The van der Waals surface area contributed by atoms with Gasteiger partial charge in [0.2, 0.25) is 0 Å². The van der Waals surface area contributed by atoms with Gasteiger partial charge in [-0.15, -0.1) is 0 Å². The van der Waals surface area contributed by atoms with Crippen molar-refractivity contribution in [1.82, 2.24) is 0 Å². The standard InChI is InChI=1S/C16H16N2O/c1-2-19-16-6-4-3-5-14(16)12-18-15-9-7-13(11-17)8-10-15/h3-10,18H,2,12H2,1H3. The lowest BCUT2D eigenvalue weighted by atomic mass is 10.2. The molecule has 0 saturated carbocycles. The Morgan fingerprint density at radius 2 is 1.84 bits per heavy atom. The van der Waals surface area contributed by atoms with E-state index in [-0.39, 0.29) is 0 Å². The van der Waals surface area contributed by atoms with Crippen LogP contribution in [-0.2, 0) is 6.54 Å². The third-order valence-electron chi connectivity index (χ3n) is 2.77. The molecular weight excluding hydrogens is 236 g/mol. The molecular formula is C16H16N2O. The summed E-state index contributed by atoms with van der Waals surface area (Å²) in [5.41, 5.74) is 2.78. The summed E-state index contributed by atoms with van der Waals surface area (Å²) < 4.78 is 5.58. The minimum atomic E-state index is 0.661. The van der Waals surface area contributed by atoms with Crippen LogP contribution in [0, 0.1) is 11.3 Å². The zero-order chi connectivity index (χ0) is 13.5. The molecule has 2 aromatic carbocycles. The highest BCUT2D eigenvalue weighted by molar-refractivity contribution is 5.48. The predicted molar refractivity (Wildman–Crippen MR) is 76.1 cm³/mol. The number of hydrogen-bond acceptors (Lipinski definition) is 3. The van der Waals surface area contributed by atoms with E-state index in [4.69, 9.17) is 10.00 Å². The van der Waals surface area contributed by atoms with Crippen LogP contribution in [0.2, 0.25) is 0 Å². The maximum absolute atomic E-state index is 8.74. The maximum atomic E-state index is 8.74. The van der Waals surface area contributed by atoms with E-state index in [1.165, 1.54) is 0 Å². The van der Waals surface area contributed by atoms with Gasteiger partial charge in [-0.1, -0.05) is 18.2 Å². The van der Waals surface area contributed by atoms with Crippen LogP contribution in [-0.4, -0.2) is 6.61 Å². The van der Waals surface area contributed by atoms with E-state index < -0.39 is 0 Å². The smallest absolute Gasteiger partial charge is 0.124 e. The average molecular weight is 252 g/mol. The normalized spacial score (nSPS) is 9.68. The van der Waals surface area contributed by atoms with Gasteiger partial charge in [0.15, 0.2) is 0 Å². The Morgan fingerprint density at radius 3 is 2.53 bits per heavy atom. The summed E-state index contributed by atoms with van der Waals surface area (Å²) in [4.78, 5) is 0. The third-order valence-corrected chi connectivity index (χ3v) is 2.77. The Labute approximate surface area is 113 Å². The van der Waals surface area contributed by atoms with Crippen molar-refractivity contribution in [3.05, 3.63) is 59.7 Å². The number of hydrogen-bond donors (Lipinski definition) is 1. The lowest BCUT2D eigenvalue weighted by Crippen LogP contribution is -2.03. The molecule has 0 aliphatic heterocycles. The molecule has 0 radical (unpaired) electrons. The van der Waals surface area contributed by atoms with Crippen LogP contribution < -0.4 is 10.1 Å². The van der Waals surface area contributed by atoms with E-state index in [0.717, 1.165) is 17.0 Å². The molecule has 0 amide bonds. The second-order valence-corrected chi connectivity index (χ2v) is 4.08. The maximum Gasteiger partial charge on any atom is 0.124 e. The SMILES string of the molecule is CCOc1ccccc1CNc1ccc(C#N)cc1. The summed E-state index contributed by atoms with van der Waals surface area (Å²) in [5.74, 6) is 0.908. The number of nitrogens with zero attached hydrogens (tertiary/aromatic N) is 1. The summed E-state index contributed by atoms with van der Waals surface area (Å²) in [7, 11) is 0. The fraction of sp³-hybridized carbons (Fsp3) is 0.188. The molecule has 2 aromatic rings. The van der Waals surface area contributed by atoms with Crippen molar-refractivity contribution in [2.45, 2.75) is 13.5 Å². The average Bonchev–Trinajstić information content (AvgIpc) is 2.47. The first-order valence-corrected chi connectivity index (χ1v) is 6.28. The largest absolute Gasteiger partial charge is 0.494 e. The molecule has 19 heavy (non-hydrogen) atoms. The fourth-order valence-corrected chi connectivity index (χ4v) is 1.81. The molecule has 0 saturated heterocycles. The monoisotopic (exact) mass is 252 g/mol. The van der Waals surface area contributed by atoms with Crippen LogP contribution in [0.1, 0.15) is 18.1 Å². The van der Waals surface area contributed by atoms with Crippen LogP contribution in [0.4, 0.5) is 5.69 Å². The number of nitriles is 1. The van der Waals surface area contributed by atoms with Crippen LogP contribution in [0.25, 0.3) is 0 Å². The molecule has 1 N–H and O–H groups in total. The zero-order valence-corrected chi connectivity index (χ0v) is 10.9. The molecule has 96 valence electrons. The highest BCUT2D eigenvalue weighted by Crippen LogP contribution is 2.19. The molecule has 0 unspecified atom stereocenters. The van der Waals surface area contributed by atoms with E-state index >= 15 is 0 Å². The van der Waals surface area contributed by atoms with Crippen molar-refractivity contribution in [2.24, 2.45) is 0 Å². The number of benzene rings is 2. The Hall–Kier alpha value is -2.47. The second kappa shape index (κ2) is 6.46. The van der Waals surface area contributed by atoms with Crippen LogP contribution in [0.3, 0.4) is 0 Å². The third kappa shape index (κ3) is 3.49. The number of rotatable bonds is 5. The van der Waals surface area contributed by atoms with E-state index in [1.54, 1.807) is 12.1 Å². The molecule has 0 aromatic heterocycles. The fourth-order valence-electron chi connectivity index (χ4n) is 1.81. The van der Waals surface area contributed by atoms with E-state index in [0.29, 0.717) is 18.7 Å².